The fraction of sp³-hybridized carbons (Fsp3) is 0.278. The van der Waals surface area contributed by atoms with Crippen molar-refractivity contribution in [2.75, 3.05) is 25.1 Å². The summed E-state index contributed by atoms with van der Waals surface area (Å²) in [5.74, 6) is 1.94. The van der Waals surface area contributed by atoms with Crippen LogP contribution in [0.1, 0.15) is 6.92 Å². The summed E-state index contributed by atoms with van der Waals surface area (Å²) in [6.45, 7) is 4.28. The number of benzene rings is 2. The minimum atomic E-state index is 0. The Morgan fingerprint density at radius 1 is 1.17 bits per heavy atom. The van der Waals surface area contributed by atoms with Crippen molar-refractivity contribution in [1.29, 1.82) is 0 Å². The number of hydrogen-bond acceptors (Lipinski definition) is 3. The average molecular weight is 439 g/mol. The van der Waals surface area contributed by atoms with Crippen LogP contribution in [0.4, 0.5) is 5.69 Å². The molecule has 0 aliphatic carbocycles. The highest BCUT2D eigenvalue weighted by Crippen LogP contribution is 2.27. The first kappa shape index (κ1) is 18.5. The van der Waals surface area contributed by atoms with Crippen LogP contribution >= 0.6 is 24.0 Å². The molecule has 1 fully saturated rings. The third-order valence-electron chi connectivity index (χ3n) is 3.62. The number of aliphatic imine (C=N–C) groups is 1. The molecule has 0 aromatic heterocycles. The molecule has 0 bridgehead atoms. The zero-order valence-corrected chi connectivity index (χ0v) is 15.9. The molecule has 5 nitrogen and oxygen atoms in total. The molecule has 1 saturated heterocycles. The molecule has 2 aromatic carbocycles. The lowest BCUT2D eigenvalue weighted by atomic mass is 9.89. The molecule has 0 radical (unpaired) electrons. The Balaban J connectivity index is 0.00000208. The van der Waals surface area contributed by atoms with Crippen LogP contribution in [0.5, 0.6) is 11.5 Å². The molecule has 2 aromatic rings. The second kappa shape index (κ2) is 8.34. The van der Waals surface area contributed by atoms with E-state index in [0.29, 0.717) is 12.5 Å². The Bertz CT molecular complexity index is 688. The highest BCUT2D eigenvalue weighted by molar-refractivity contribution is 14.0. The predicted octanol–water partition coefficient (Wildman–Crippen LogP) is 3.86. The van der Waals surface area contributed by atoms with Crippen LogP contribution in [0, 0.1) is 5.41 Å². The van der Waals surface area contributed by atoms with Crippen LogP contribution in [-0.2, 0) is 4.74 Å². The SMILES string of the molecule is CC1(CN=C(N)Nc2cccc(Oc3ccccc3)c2)COC1.I. The first-order valence-corrected chi connectivity index (χ1v) is 7.61. The summed E-state index contributed by atoms with van der Waals surface area (Å²) in [4.78, 5) is 4.39. The number of para-hydroxylation sites is 1. The molecular weight excluding hydrogens is 417 g/mol. The molecule has 1 heterocycles. The van der Waals surface area contributed by atoms with Crippen molar-refractivity contribution in [2.24, 2.45) is 16.1 Å². The Morgan fingerprint density at radius 2 is 1.88 bits per heavy atom. The number of nitrogens with one attached hydrogen (secondary N) is 1. The summed E-state index contributed by atoms with van der Waals surface area (Å²) in [6.07, 6.45) is 0. The Labute approximate surface area is 159 Å². The lowest BCUT2D eigenvalue weighted by molar-refractivity contribution is -0.0944. The molecule has 0 unspecified atom stereocenters. The van der Waals surface area contributed by atoms with Crippen LogP contribution in [0.25, 0.3) is 0 Å². The van der Waals surface area contributed by atoms with Crippen molar-refractivity contribution in [2.45, 2.75) is 6.92 Å². The highest BCUT2D eigenvalue weighted by atomic mass is 127. The minimum Gasteiger partial charge on any atom is -0.457 e. The van der Waals surface area contributed by atoms with Crippen LogP contribution in [0.2, 0.25) is 0 Å². The third-order valence-corrected chi connectivity index (χ3v) is 3.62. The molecule has 3 N–H and O–H groups in total. The molecule has 24 heavy (non-hydrogen) atoms. The molecule has 0 atom stereocenters. The quantitative estimate of drug-likeness (QED) is 0.422. The standard InChI is InChI=1S/C18H21N3O2.HI/c1-18(12-22-13-18)11-20-17(19)21-14-6-5-9-16(10-14)23-15-7-3-2-4-8-15;/h2-10H,11-13H2,1H3,(H3,19,20,21);1H. The molecule has 1 aliphatic rings. The molecular formula is C18H22IN3O2. The maximum atomic E-state index is 5.95. The first-order chi connectivity index (χ1) is 11.1. The van der Waals surface area contributed by atoms with Crippen molar-refractivity contribution in [3.63, 3.8) is 0 Å². The number of anilines is 1. The second-order valence-electron chi connectivity index (χ2n) is 6.07. The molecule has 0 spiro atoms. The van der Waals surface area contributed by atoms with Gasteiger partial charge in [0.2, 0.25) is 0 Å². The van der Waals surface area contributed by atoms with Crippen molar-refractivity contribution in [3.05, 3.63) is 54.6 Å². The molecule has 128 valence electrons. The van der Waals surface area contributed by atoms with Gasteiger partial charge in [0.05, 0.1) is 19.8 Å². The zero-order valence-electron chi connectivity index (χ0n) is 13.6. The maximum Gasteiger partial charge on any atom is 0.193 e. The molecule has 1 aliphatic heterocycles. The molecule has 3 rings (SSSR count). The number of halogens is 1. The Hall–Kier alpha value is -1.80. The normalized spacial score (nSPS) is 15.8. The summed E-state index contributed by atoms with van der Waals surface area (Å²) in [7, 11) is 0. The summed E-state index contributed by atoms with van der Waals surface area (Å²) < 4.78 is 11.0. The van der Waals surface area contributed by atoms with E-state index in [-0.39, 0.29) is 29.4 Å². The van der Waals surface area contributed by atoms with E-state index in [0.717, 1.165) is 30.4 Å². The van der Waals surface area contributed by atoms with Gasteiger partial charge in [0.15, 0.2) is 5.96 Å². The van der Waals surface area contributed by atoms with Crippen molar-refractivity contribution in [1.82, 2.24) is 0 Å². The summed E-state index contributed by atoms with van der Waals surface area (Å²) in [5, 5.41) is 3.10. The van der Waals surface area contributed by atoms with Crippen molar-refractivity contribution < 1.29 is 9.47 Å². The topological polar surface area (TPSA) is 68.9 Å². The average Bonchev–Trinajstić information content (AvgIpc) is 2.52. The van der Waals surface area contributed by atoms with E-state index in [1.54, 1.807) is 0 Å². The van der Waals surface area contributed by atoms with Gasteiger partial charge in [-0.15, -0.1) is 24.0 Å². The third kappa shape index (κ3) is 5.10. The van der Waals surface area contributed by atoms with Crippen molar-refractivity contribution >= 4 is 35.6 Å². The van der Waals surface area contributed by atoms with E-state index in [1.165, 1.54) is 0 Å². The van der Waals surface area contributed by atoms with Crippen LogP contribution in [0.3, 0.4) is 0 Å². The lowest BCUT2D eigenvalue weighted by Gasteiger charge is -2.36. The number of ether oxygens (including phenoxy) is 2. The smallest absolute Gasteiger partial charge is 0.193 e. The van der Waals surface area contributed by atoms with Gasteiger partial charge in [-0.2, -0.15) is 0 Å². The van der Waals surface area contributed by atoms with E-state index in [2.05, 4.69) is 17.2 Å². The summed E-state index contributed by atoms with van der Waals surface area (Å²) in [5.41, 5.74) is 6.91. The van der Waals surface area contributed by atoms with Gasteiger partial charge in [-0.1, -0.05) is 31.2 Å². The Kier molecular flexibility index (Phi) is 6.44. The zero-order chi connectivity index (χ0) is 16.1. The lowest BCUT2D eigenvalue weighted by Crippen LogP contribution is -2.43. The highest BCUT2D eigenvalue weighted by Gasteiger charge is 2.32. The summed E-state index contributed by atoms with van der Waals surface area (Å²) >= 11 is 0. The maximum absolute atomic E-state index is 5.95. The molecule has 0 amide bonds. The van der Waals surface area contributed by atoms with Crippen LogP contribution < -0.4 is 15.8 Å². The monoisotopic (exact) mass is 439 g/mol. The van der Waals surface area contributed by atoms with E-state index >= 15 is 0 Å². The second-order valence-corrected chi connectivity index (χ2v) is 6.07. The number of nitrogens with zero attached hydrogens (tertiary/aromatic N) is 1. The largest absolute Gasteiger partial charge is 0.457 e. The van der Waals surface area contributed by atoms with E-state index < -0.39 is 0 Å². The minimum absolute atomic E-state index is 0. The number of hydrogen-bond donors (Lipinski definition) is 2. The van der Waals surface area contributed by atoms with Gasteiger partial charge in [0.25, 0.3) is 0 Å². The molecule has 0 saturated carbocycles. The summed E-state index contributed by atoms with van der Waals surface area (Å²) in [6, 6.07) is 17.3. The first-order valence-electron chi connectivity index (χ1n) is 7.61. The predicted molar refractivity (Wildman–Crippen MR) is 107 cm³/mol. The van der Waals surface area contributed by atoms with E-state index in [4.69, 9.17) is 15.2 Å². The van der Waals surface area contributed by atoms with E-state index in [9.17, 15) is 0 Å². The Morgan fingerprint density at radius 3 is 2.54 bits per heavy atom. The van der Waals surface area contributed by atoms with Crippen LogP contribution in [0.15, 0.2) is 59.6 Å². The number of nitrogens with two attached hydrogens (primary N) is 1. The van der Waals surface area contributed by atoms with Gasteiger partial charge in [-0.25, -0.2) is 0 Å². The van der Waals surface area contributed by atoms with Gasteiger partial charge in [0, 0.05) is 17.2 Å². The van der Waals surface area contributed by atoms with Gasteiger partial charge in [0.1, 0.15) is 11.5 Å². The van der Waals surface area contributed by atoms with E-state index in [1.807, 2.05) is 54.6 Å². The number of guanidine groups is 1. The van der Waals surface area contributed by atoms with Gasteiger partial charge >= 0.3 is 0 Å². The van der Waals surface area contributed by atoms with Gasteiger partial charge < -0.3 is 20.5 Å². The molecule has 6 heteroatoms. The number of rotatable bonds is 5. The van der Waals surface area contributed by atoms with Crippen LogP contribution in [-0.4, -0.2) is 25.7 Å². The fourth-order valence-electron chi connectivity index (χ4n) is 2.27. The van der Waals surface area contributed by atoms with Crippen molar-refractivity contribution in [3.8, 4) is 11.5 Å². The van der Waals surface area contributed by atoms with Gasteiger partial charge in [-0.3, -0.25) is 4.99 Å². The fourth-order valence-corrected chi connectivity index (χ4v) is 2.27. The van der Waals surface area contributed by atoms with Gasteiger partial charge in [-0.05, 0) is 24.3 Å².